The van der Waals surface area contributed by atoms with Crippen LogP contribution in [0.1, 0.15) is 43.0 Å². The molecular weight excluding hydrogens is 372 g/mol. The van der Waals surface area contributed by atoms with Crippen LogP contribution >= 0.6 is 11.8 Å². The van der Waals surface area contributed by atoms with Crippen LogP contribution in [0.15, 0.2) is 28.0 Å². The molecule has 0 spiro atoms. The summed E-state index contributed by atoms with van der Waals surface area (Å²) < 4.78 is 32.8. The lowest BCUT2D eigenvalue weighted by molar-refractivity contribution is 0.0758. The number of carbonyl (C=O) groups excluding carboxylic acids is 1. The molecule has 6 nitrogen and oxygen atoms in total. The molecule has 1 aromatic carbocycles. The number of thioether (sulfide) groups is 1. The van der Waals surface area contributed by atoms with Crippen molar-refractivity contribution in [1.29, 1.82) is 0 Å². The molecule has 146 valence electrons. The summed E-state index contributed by atoms with van der Waals surface area (Å²) >= 11 is 1.45. The molecule has 0 radical (unpaired) electrons. The third-order valence-corrected chi connectivity index (χ3v) is 6.76. The summed E-state index contributed by atoms with van der Waals surface area (Å²) in [6.07, 6.45) is 6.15. The summed E-state index contributed by atoms with van der Waals surface area (Å²) in [5.41, 5.74) is 0.460. The molecule has 1 saturated heterocycles. The van der Waals surface area contributed by atoms with Crippen LogP contribution in [0.2, 0.25) is 0 Å². The van der Waals surface area contributed by atoms with Gasteiger partial charge >= 0.3 is 0 Å². The molecule has 1 heterocycles. The Morgan fingerprint density at radius 2 is 1.92 bits per heavy atom. The third-order valence-electron chi connectivity index (χ3n) is 4.38. The van der Waals surface area contributed by atoms with Crippen molar-refractivity contribution in [3.05, 3.63) is 23.8 Å². The summed E-state index contributed by atoms with van der Waals surface area (Å²) in [4.78, 5) is 15.8. The van der Waals surface area contributed by atoms with Gasteiger partial charge in [0.05, 0.1) is 17.1 Å². The van der Waals surface area contributed by atoms with Gasteiger partial charge in [0.15, 0.2) is 0 Å². The maximum atomic E-state index is 13.0. The Hall–Kier alpha value is -1.09. The van der Waals surface area contributed by atoms with Crippen LogP contribution < -0.4 is 4.72 Å². The van der Waals surface area contributed by atoms with Crippen LogP contribution in [0, 0.1) is 0 Å². The average molecular weight is 401 g/mol. The van der Waals surface area contributed by atoms with Gasteiger partial charge in [-0.15, -0.1) is 11.8 Å². The highest BCUT2D eigenvalue weighted by molar-refractivity contribution is 7.98. The quantitative estimate of drug-likeness (QED) is 0.712. The van der Waals surface area contributed by atoms with E-state index >= 15 is 0 Å². The third kappa shape index (κ3) is 5.45. The Morgan fingerprint density at radius 3 is 2.50 bits per heavy atom. The molecule has 0 aromatic heterocycles. The van der Waals surface area contributed by atoms with Gasteiger partial charge in [-0.05, 0) is 44.2 Å². The van der Waals surface area contributed by atoms with Crippen molar-refractivity contribution in [3.63, 3.8) is 0 Å². The summed E-state index contributed by atoms with van der Waals surface area (Å²) in [6.45, 7) is 3.47. The molecular formula is C18H28N2O4S2. The zero-order valence-electron chi connectivity index (χ0n) is 15.7. The number of carbonyl (C=O) groups is 1. The molecule has 8 heteroatoms. The van der Waals surface area contributed by atoms with Gasteiger partial charge in [0, 0.05) is 31.1 Å². The molecule has 0 aliphatic carbocycles. The van der Waals surface area contributed by atoms with Crippen LogP contribution in [0.4, 0.5) is 0 Å². The van der Waals surface area contributed by atoms with E-state index in [4.69, 9.17) is 4.74 Å². The van der Waals surface area contributed by atoms with Crippen LogP contribution in [-0.2, 0) is 14.8 Å². The van der Waals surface area contributed by atoms with Crippen LogP contribution in [-0.4, -0.2) is 58.3 Å². The summed E-state index contributed by atoms with van der Waals surface area (Å²) in [5, 5.41) is 0. The lowest BCUT2D eigenvalue weighted by atomic mass is 10.2. The van der Waals surface area contributed by atoms with Crippen molar-refractivity contribution in [1.82, 2.24) is 9.62 Å². The van der Waals surface area contributed by atoms with E-state index in [1.165, 1.54) is 24.9 Å². The van der Waals surface area contributed by atoms with Gasteiger partial charge in [-0.2, -0.15) is 0 Å². The van der Waals surface area contributed by atoms with Crippen molar-refractivity contribution >= 4 is 27.7 Å². The lowest BCUT2D eigenvalue weighted by Gasteiger charge is -2.22. The van der Waals surface area contributed by atoms with E-state index in [-0.39, 0.29) is 23.5 Å². The van der Waals surface area contributed by atoms with Crippen molar-refractivity contribution in [2.75, 3.05) is 33.1 Å². The molecule has 0 bridgehead atoms. The van der Waals surface area contributed by atoms with Crippen molar-refractivity contribution in [2.45, 2.75) is 48.4 Å². The number of methoxy groups -OCH3 is 1. The van der Waals surface area contributed by atoms with Crippen LogP contribution in [0.5, 0.6) is 0 Å². The Labute approximate surface area is 160 Å². The molecule has 1 aliphatic heterocycles. The summed E-state index contributed by atoms with van der Waals surface area (Å²) in [7, 11) is -2.19. The fourth-order valence-electron chi connectivity index (χ4n) is 3.08. The summed E-state index contributed by atoms with van der Waals surface area (Å²) in [6, 6.07) is 4.41. The minimum atomic E-state index is -3.71. The van der Waals surface area contributed by atoms with E-state index in [9.17, 15) is 13.2 Å². The second-order valence-corrected chi connectivity index (χ2v) is 9.11. The van der Waals surface area contributed by atoms with Gasteiger partial charge in [0.1, 0.15) is 0 Å². The number of rotatable bonds is 7. The number of ether oxygens (including phenoxy) is 1. The van der Waals surface area contributed by atoms with E-state index in [1.54, 1.807) is 19.1 Å². The largest absolute Gasteiger partial charge is 0.383 e. The first kappa shape index (κ1) is 21.2. The van der Waals surface area contributed by atoms with E-state index in [1.807, 2.05) is 11.2 Å². The molecule has 26 heavy (non-hydrogen) atoms. The molecule has 0 saturated carbocycles. The highest BCUT2D eigenvalue weighted by Crippen LogP contribution is 2.26. The number of nitrogens with zero attached hydrogens (tertiary/aromatic N) is 1. The zero-order valence-corrected chi connectivity index (χ0v) is 17.3. The number of sulfonamides is 1. The van der Waals surface area contributed by atoms with Crippen LogP contribution in [0.25, 0.3) is 0 Å². The predicted molar refractivity (Wildman–Crippen MR) is 104 cm³/mol. The van der Waals surface area contributed by atoms with Gasteiger partial charge in [-0.3, -0.25) is 4.79 Å². The molecule has 2 rings (SSSR count). The van der Waals surface area contributed by atoms with E-state index in [0.717, 1.165) is 43.7 Å². The second-order valence-electron chi connectivity index (χ2n) is 6.55. The number of hydrogen-bond acceptors (Lipinski definition) is 5. The van der Waals surface area contributed by atoms with Gasteiger partial charge in [0.25, 0.3) is 5.91 Å². The first-order chi connectivity index (χ1) is 12.4. The molecule has 0 unspecified atom stereocenters. The SMILES string of the molecule is COC[C@@H](C)NS(=O)(=O)c1ccc(SC)c(C(=O)N2CCCCCC2)c1. The second kappa shape index (κ2) is 9.73. The maximum Gasteiger partial charge on any atom is 0.255 e. The van der Waals surface area contributed by atoms with E-state index in [0.29, 0.717) is 5.56 Å². The van der Waals surface area contributed by atoms with Crippen molar-refractivity contribution in [2.24, 2.45) is 0 Å². The molecule has 1 N–H and O–H groups in total. The number of nitrogens with one attached hydrogen (secondary N) is 1. The van der Waals surface area contributed by atoms with E-state index < -0.39 is 10.0 Å². The van der Waals surface area contributed by atoms with Gasteiger partial charge < -0.3 is 9.64 Å². The fraction of sp³-hybridized carbons (Fsp3) is 0.611. The minimum absolute atomic E-state index is 0.0850. The fourth-order valence-corrected chi connectivity index (χ4v) is 4.91. The first-order valence-corrected chi connectivity index (χ1v) is 11.6. The standard InChI is InChI=1S/C18H28N2O4S2/c1-14(13-24-2)19-26(22,23)15-8-9-17(25-3)16(12-15)18(21)20-10-6-4-5-7-11-20/h8-9,12,14,19H,4-7,10-11,13H2,1-3H3/t14-/m1/s1. The van der Waals surface area contributed by atoms with E-state index in [2.05, 4.69) is 4.72 Å². The normalized spacial score (nSPS) is 17.0. The molecule has 1 atom stereocenters. The molecule has 1 aromatic rings. The van der Waals surface area contributed by atoms with Gasteiger partial charge in [0.2, 0.25) is 10.0 Å². The van der Waals surface area contributed by atoms with Crippen molar-refractivity contribution in [3.8, 4) is 0 Å². The summed E-state index contributed by atoms with van der Waals surface area (Å²) in [5.74, 6) is -0.0850. The highest BCUT2D eigenvalue weighted by Gasteiger charge is 2.24. The Bertz CT molecular complexity index is 714. The minimum Gasteiger partial charge on any atom is -0.383 e. The molecule has 1 aliphatic rings. The Balaban J connectivity index is 2.31. The Morgan fingerprint density at radius 1 is 1.27 bits per heavy atom. The number of likely N-dealkylation sites (tertiary alicyclic amines) is 1. The van der Waals surface area contributed by atoms with Crippen molar-refractivity contribution < 1.29 is 17.9 Å². The predicted octanol–water partition coefficient (Wildman–Crippen LogP) is 2.74. The van der Waals surface area contributed by atoms with Gasteiger partial charge in [-0.1, -0.05) is 12.8 Å². The monoisotopic (exact) mass is 400 g/mol. The number of amides is 1. The van der Waals surface area contributed by atoms with Crippen LogP contribution in [0.3, 0.4) is 0 Å². The topological polar surface area (TPSA) is 75.7 Å². The zero-order chi connectivity index (χ0) is 19.2. The number of benzene rings is 1. The first-order valence-electron chi connectivity index (χ1n) is 8.87. The average Bonchev–Trinajstić information content (AvgIpc) is 2.89. The number of hydrogen-bond donors (Lipinski definition) is 1. The maximum absolute atomic E-state index is 13.0. The Kier molecular flexibility index (Phi) is 7.94. The lowest BCUT2D eigenvalue weighted by Crippen LogP contribution is -2.36. The highest BCUT2D eigenvalue weighted by atomic mass is 32.2. The smallest absolute Gasteiger partial charge is 0.255 e. The molecule has 1 fully saturated rings. The molecule has 1 amide bonds. The van der Waals surface area contributed by atoms with Gasteiger partial charge in [-0.25, -0.2) is 13.1 Å².